The third kappa shape index (κ3) is 4.10. The molecule has 124 valence electrons. The second kappa shape index (κ2) is 7.59. The minimum absolute atomic E-state index is 0.00593. The molecule has 7 heteroatoms. The van der Waals surface area contributed by atoms with Crippen LogP contribution in [-0.2, 0) is 11.3 Å². The molecule has 1 amide bonds. The van der Waals surface area contributed by atoms with Gasteiger partial charge >= 0.3 is 0 Å². The molecule has 1 aliphatic carbocycles. The molecule has 0 atom stereocenters. The molecule has 7 nitrogen and oxygen atoms in total. The van der Waals surface area contributed by atoms with Crippen molar-refractivity contribution in [3.63, 3.8) is 0 Å². The Morgan fingerprint density at radius 2 is 1.96 bits per heavy atom. The van der Waals surface area contributed by atoms with Gasteiger partial charge in [0.2, 0.25) is 11.6 Å². The predicted octanol–water partition coefficient (Wildman–Crippen LogP) is 1.66. The molecule has 0 aliphatic heterocycles. The Kier molecular flexibility index (Phi) is 5.06. The third-order valence-corrected chi connectivity index (χ3v) is 4.08. The average Bonchev–Trinajstić information content (AvgIpc) is 3.10. The van der Waals surface area contributed by atoms with E-state index in [9.17, 15) is 4.79 Å². The number of carbonyl (C=O) groups is 1. The van der Waals surface area contributed by atoms with E-state index in [-0.39, 0.29) is 23.7 Å². The molecular weight excluding hydrogens is 306 g/mol. The molecule has 0 spiro atoms. The number of aromatic nitrogens is 3. The highest BCUT2D eigenvalue weighted by Crippen LogP contribution is 2.23. The van der Waals surface area contributed by atoms with Crippen molar-refractivity contribution in [3.8, 4) is 11.9 Å². The lowest BCUT2D eigenvalue weighted by Crippen LogP contribution is -2.41. The fourth-order valence-electron chi connectivity index (χ4n) is 2.89. The summed E-state index contributed by atoms with van der Waals surface area (Å²) in [5.41, 5.74) is 0.208. The number of ether oxygens (including phenoxy) is 1. The van der Waals surface area contributed by atoms with Gasteiger partial charge in [0.1, 0.15) is 18.7 Å². The number of rotatable bonds is 5. The van der Waals surface area contributed by atoms with Crippen LogP contribution in [0.4, 0.5) is 0 Å². The molecule has 24 heavy (non-hydrogen) atoms. The zero-order chi connectivity index (χ0) is 16.8. The first kappa shape index (κ1) is 16.0. The number of nitriles is 1. The van der Waals surface area contributed by atoms with Gasteiger partial charge in [-0.05, 0) is 37.8 Å². The molecule has 0 aromatic carbocycles. The summed E-state index contributed by atoms with van der Waals surface area (Å²) < 4.78 is 7.65. The molecule has 2 aromatic heterocycles. The maximum Gasteiger partial charge on any atom is 0.251 e. The Balaban J connectivity index is 1.46. The van der Waals surface area contributed by atoms with E-state index < -0.39 is 0 Å². The van der Waals surface area contributed by atoms with E-state index in [4.69, 9.17) is 10.00 Å². The summed E-state index contributed by atoms with van der Waals surface area (Å²) in [6.45, 7) is 0.342. The van der Waals surface area contributed by atoms with E-state index in [0.717, 1.165) is 25.7 Å². The molecule has 0 bridgehead atoms. The van der Waals surface area contributed by atoms with Gasteiger partial charge in [-0.2, -0.15) is 5.26 Å². The van der Waals surface area contributed by atoms with Gasteiger partial charge in [-0.1, -0.05) is 0 Å². The molecule has 2 heterocycles. The number of hydrogen-bond donors (Lipinski definition) is 1. The first-order valence-electron chi connectivity index (χ1n) is 8.02. The molecule has 2 aromatic rings. The normalized spacial score (nSPS) is 20.1. The van der Waals surface area contributed by atoms with Crippen molar-refractivity contribution < 1.29 is 9.53 Å². The summed E-state index contributed by atoms with van der Waals surface area (Å²) in [7, 11) is 0. The summed E-state index contributed by atoms with van der Waals surface area (Å²) in [4.78, 5) is 20.0. The molecule has 1 fully saturated rings. The summed E-state index contributed by atoms with van der Waals surface area (Å²) in [5, 5.41) is 12.1. The van der Waals surface area contributed by atoms with Crippen molar-refractivity contribution in [2.45, 2.75) is 44.4 Å². The monoisotopic (exact) mass is 325 g/mol. The number of amides is 1. The highest BCUT2D eigenvalue weighted by molar-refractivity contribution is 5.76. The van der Waals surface area contributed by atoms with Crippen LogP contribution in [0, 0.1) is 11.3 Å². The molecule has 1 aliphatic rings. The summed E-state index contributed by atoms with van der Waals surface area (Å²) in [6, 6.07) is 5.96. The Morgan fingerprint density at radius 3 is 2.67 bits per heavy atom. The van der Waals surface area contributed by atoms with Crippen molar-refractivity contribution >= 4 is 5.91 Å². The zero-order valence-corrected chi connectivity index (χ0v) is 13.3. The van der Waals surface area contributed by atoms with Gasteiger partial charge in [0.15, 0.2) is 0 Å². The predicted molar refractivity (Wildman–Crippen MR) is 86.0 cm³/mol. The number of nitrogens with one attached hydrogen (secondary N) is 1. The van der Waals surface area contributed by atoms with Crippen LogP contribution in [0.1, 0.15) is 31.4 Å². The largest absolute Gasteiger partial charge is 0.472 e. The molecule has 1 saturated carbocycles. The Hall–Kier alpha value is -2.88. The van der Waals surface area contributed by atoms with Gasteiger partial charge < -0.3 is 14.6 Å². The lowest BCUT2D eigenvalue weighted by Gasteiger charge is -2.29. The summed E-state index contributed by atoms with van der Waals surface area (Å²) in [5.74, 6) is 0.316. The van der Waals surface area contributed by atoms with Gasteiger partial charge in [0.05, 0.1) is 0 Å². The van der Waals surface area contributed by atoms with Crippen LogP contribution in [0.25, 0.3) is 0 Å². The Morgan fingerprint density at radius 1 is 1.25 bits per heavy atom. The van der Waals surface area contributed by atoms with Crippen LogP contribution in [0.3, 0.4) is 0 Å². The van der Waals surface area contributed by atoms with Crippen molar-refractivity contribution in [1.82, 2.24) is 19.9 Å². The number of nitrogens with zero attached hydrogens (tertiary/aromatic N) is 4. The fourth-order valence-corrected chi connectivity index (χ4v) is 2.89. The van der Waals surface area contributed by atoms with Crippen molar-refractivity contribution in [2.75, 3.05) is 0 Å². The SMILES string of the molecule is N#Cc1nccnc1OC1CCC(NC(=O)Cn2cccc2)CC1. The Bertz CT molecular complexity index is 715. The second-order valence-electron chi connectivity index (χ2n) is 5.84. The molecule has 0 saturated heterocycles. The minimum Gasteiger partial charge on any atom is -0.472 e. The highest BCUT2D eigenvalue weighted by atomic mass is 16.5. The quantitative estimate of drug-likeness (QED) is 0.902. The van der Waals surface area contributed by atoms with E-state index in [2.05, 4.69) is 15.3 Å². The first-order chi connectivity index (χ1) is 11.7. The van der Waals surface area contributed by atoms with Crippen LogP contribution >= 0.6 is 0 Å². The van der Waals surface area contributed by atoms with Crippen molar-refractivity contribution in [2.24, 2.45) is 0 Å². The molecule has 0 radical (unpaired) electrons. The summed E-state index contributed by atoms with van der Waals surface area (Å²) in [6.07, 6.45) is 10.1. The standard InChI is InChI=1S/C17H19N5O2/c18-11-15-17(20-8-7-19-15)24-14-5-3-13(4-6-14)21-16(23)12-22-9-1-2-10-22/h1-2,7-10,13-14H,3-6,12H2,(H,21,23). The maximum absolute atomic E-state index is 12.0. The van der Waals surface area contributed by atoms with Gasteiger partial charge in [0, 0.05) is 30.8 Å². The fraction of sp³-hybridized carbons (Fsp3) is 0.412. The topological polar surface area (TPSA) is 92.8 Å². The second-order valence-corrected chi connectivity index (χ2v) is 5.84. The van der Waals surface area contributed by atoms with Crippen molar-refractivity contribution in [1.29, 1.82) is 5.26 Å². The molecular formula is C17H19N5O2. The van der Waals surface area contributed by atoms with Crippen LogP contribution in [0.15, 0.2) is 36.9 Å². The van der Waals surface area contributed by atoms with E-state index in [0.29, 0.717) is 12.4 Å². The minimum atomic E-state index is 0.00593. The third-order valence-electron chi connectivity index (χ3n) is 4.08. The van der Waals surface area contributed by atoms with Crippen LogP contribution in [-0.4, -0.2) is 32.6 Å². The lowest BCUT2D eigenvalue weighted by molar-refractivity contribution is -0.122. The van der Waals surface area contributed by atoms with Gasteiger partial charge in [-0.3, -0.25) is 4.79 Å². The zero-order valence-electron chi connectivity index (χ0n) is 13.3. The lowest BCUT2D eigenvalue weighted by atomic mass is 9.93. The highest BCUT2D eigenvalue weighted by Gasteiger charge is 2.24. The first-order valence-corrected chi connectivity index (χ1v) is 8.02. The summed E-state index contributed by atoms with van der Waals surface area (Å²) >= 11 is 0. The van der Waals surface area contributed by atoms with E-state index in [1.807, 2.05) is 35.2 Å². The molecule has 1 N–H and O–H groups in total. The van der Waals surface area contributed by atoms with E-state index in [1.54, 1.807) is 0 Å². The number of hydrogen-bond acceptors (Lipinski definition) is 5. The molecule has 0 unspecified atom stereocenters. The van der Waals surface area contributed by atoms with Crippen LogP contribution in [0.5, 0.6) is 5.88 Å². The van der Waals surface area contributed by atoms with Crippen LogP contribution < -0.4 is 10.1 Å². The average molecular weight is 325 g/mol. The van der Waals surface area contributed by atoms with Crippen LogP contribution in [0.2, 0.25) is 0 Å². The Labute approximate surface area is 140 Å². The van der Waals surface area contributed by atoms with Gasteiger partial charge in [-0.15, -0.1) is 0 Å². The van der Waals surface area contributed by atoms with Crippen molar-refractivity contribution in [3.05, 3.63) is 42.6 Å². The van der Waals surface area contributed by atoms with Gasteiger partial charge in [0.25, 0.3) is 5.88 Å². The maximum atomic E-state index is 12.0. The van der Waals surface area contributed by atoms with E-state index in [1.165, 1.54) is 12.4 Å². The van der Waals surface area contributed by atoms with Gasteiger partial charge in [-0.25, -0.2) is 9.97 Å². The smallest absolute Gasteiger partial charge is 0.251 e. The number of carbonyl (C=O) groups excluding carboxylic acids is 1. The molecule has 3 rings (SSSR count). The van der Waals surface area contributed by atoms with E-state index >= 15 is 0 Å².